The van der Waals surface area contributed by atoms with Crippen molar-refractivity contribution in [2.75, 3.05) is 22.5 Å². The number of anilines is 1. The summed E-state index contributed by atoms with van der Waals surface area (Å²) in [4.78, 5) is 47.3. The van der Waals surface area contributed by atoms with E-state index < -0.39 is 29.2 Å². The van der Waals surface area contributed by atoms with Crippen LogP contribution < -0.4 is 11.1 Å². The number of carboxylic acids is 1. The van der Waals surface area contributed by atoms with Crippen molar-refractivity contribution in [2.45, 2.75) is 11.4 Å². The summed E-state index contributed by atoms with van der Waals surface area (Å²) in [6.45, 7) is 3.59. The number of hydrogen-bond acceptors (Lipinski definition) is 9. The van der Waals surface area contributed by atoms with Gasteiger partial charge in [-0.25, -0.2) is 9.78 Å². The Kier molecular flexibility index (Phi) is 6.79. The molecule has 0 saturated carbocycles. The van der Waals surface area contributed by atoms with Gasteiger partial charge in [-0.3, -0.25) is 14.5 Å². The van der Waals surface area contributed by atoms with Gasteiger partial charge in [0.25, 0.3) is 11.8 Å². The fourth-order valence-electron chi connectivity index (χ4n) is 2.75. The molecule has 0 aliphatic carbocycles. The molecule has 0 aromatic carbocycles. The zero-order valence-electron chi connectivity index (χ0n) is 14.8. The maximum absolute atomic E-state index is 12.8. The molecule has 1 aromatic rings. The van der Waals surface area contributed by atoms with Gasteiger partial charge in [0, 0.05) is 15.6 Å². The van der Waals surface area contributed by atoms with E-state index in [4.69, 9.17) is 10.6 Å². The van der Waals surface area contributed by atoms with Crippen LogP contribution in [-0.2, 0) is 19.2 Å². The van der Waals surface area contributed by atoms with Crippen molar-refractivity contribution in [3.63, 3.8) is 0 Å². The first-order valence-corrected chi connectivity index (χ1v) is 11.6. The van der Waals surface area contributed by atoms with Crippen LogP contribution in [0.5, 0.6) is 0 Å². The lowest BCUT2D eigenvalue weighted by molar-refractivity contribution is -0.150. The highest BCUT2D eigenvalue weighted by Crippen LogP contribution is 2.40. The number of amides is 2. The first-order valence-electron chi connectivity index (χ1n) is 8.18. The number of alkyl halides is 1. The van der Waals surface area contributed by atoms with Crippen molar-refractivity contribution in [3.05, 3.63) is 35.0 Å². The summed E-state index contributed by atoms with van der Waals surface area (Å²) in [6, 6.07) is -0.877. The van der Waals surface area contributed by atoms with Crippen LogP contribution in [0.1, 0.15) is 5.69 Å². The first kappa shape index (κ1) is 21.6. The Morgan fingerprint density at radius 3 is 2.93 bits per heavy atom. The molecule has 4 N–H and O–H groups in total. The highest BCUT2D eigenvalue weighted by molar-refractivity contribution is 14.1. The van der Waals surface area contributed by atoms with Gasteiger partial charge in [0.15, 0.2) is 10.8 Å². The standard InChI is InChI=1S/C16H16IN5O5S2/c1-2-3-27-21-9(8-6-29-16(18)19-8)12(23)20-10-13(24)22-11(15(25)26)7(4-17)5-28-14(10)22/h2,6,10,14H,1,3-5H2,(H2,18,19)(H,20,23)(H,25,26)/b21-9+/t10?,14-/m1/s1. The third kappa shape index (κ3) is 4.25. The number of carbonyl (C=O) groups excluding carboxylic acids is 2. The molecule has 0 spiro atoms. The number of thiazole rings is 1. The van der Waals surface area contributed by atoms with Crippen LogP contribution >= 0.6 is 45.7 Å². The van der Waals surface area contributed by atoms with Gasteiger partial charge in [0.2, 0.25) is 0 Å². The van der Waals surface area contributed by atoms with Gasteiger partial charge in [-0.2, -0.15) is 0 Å². The third-order valence-electron chi connectivity index (χ3n) is 4.03. The van der Waals surface area contributed by atoms with Gasteiger partial charge in [-0.05, 0) is 5.57 Å². The maximum atomic E-state index is 12.8. The molecule has 0 bridgehead atoms. The summed E-state index contributed by atoms with van der Waals surface area (Å²) in [6.07, 6.45) is 1.46. The van der Waals surface area contributed by atoms with Crippen molar-refractivity contribution in [1.82, 2.24) is 15.2 Å². The molecule has 13 heteroatoms. The highest BCUT2D eigenvalue weighted by atomic mass is 127. The molecule has 29 heavy (non-hydrogen) atoms. The van der Waals surface area contributed by atoms with Crippen LogP contribution in [0.3, 0.4) is 0 Å². The monoisotopic (exact) mass is 549 g/mol. The minimum atomic E-state index is -1.15. The lowest BCUT2D eigenvalue weighted by Gasteiger charge is -2.49. The van der Waals surface area contributed by atoms with Gasteiger partial charge >= 0.3 is 5.97 Å². The Morgan fingerprint density at radius 2 is 2.34 bits per heavy atom. The van der Waals surface area contributed by atoms with E-state index in [-0.39, 0.29) is 28.8 Å². The Bertz CT molecular complexity index is 931. The van der Waals surface area contributed by atoms with Crippen molar-refractivity contribution >= 4 is 74.3 Å². The average molecular weight is 549 g/mol. The Hall–Kier alpha value is -2.13. The number of nitrogens with one attached hydrogen (secondary N) is 1. The van der Waals surface area contributed by atoms with Crippen molar-refractivity contribution in [3.8, 4) is 0 Å². The summed E-state index contributed by atoms with van der Waals surface area (Å²) in [7, 11) is 0. The van der Waals surface area contributed by atoms with Crippen molar-refractivity contribution in [1.29, 1.82) is 0 Å². The molecule has 1 saturated heterocycles. The molecule has 0 radical (unpaired) electrons. The molecule has 10 nitrogen and oxygen atoms in total. The minimum Gasteiger partial charge on any atom is -0.477 e. The lowest BCUT2D eigenvalue weighted by Crippen LogP contribution is -2.71. The SMILES string of the molecule is C=CCO/N=C(/C(=O)NC1C(=O)N2C(C(=O)O)=C(CI)CS[C@H]12)c1csc(N)n1. The smallest absolute Gasteiger partial charge is 0.352 e. The van der Waals surface area contributed by atoms with E-state index in [1.807, 2.05) is 0 Å². The van der Waals surface area contributed by atoms with E-state index in [9.17, 15) is 19.5 Å². The fraction of sp³-hybridized carbons (Fsp3) is 0.312. The highest BCUT2D eigenvalue weighted by Gasteiger charge is 2.54. The molecule has 3 heterocycles. The molecule has 1 fully saturated rings. The quantitative estimate of drug-likeness (QED) is 0.0821. The molecule has 2 amide bonds. The Balaban J connectivity index is 1.79. The number of nitrogens with two attached hydrogens (primary N) is 1. The van der Waals surface area contributed by atoms with E-state index in [2.05, 4.69) is 44.6 Å². The summed E-state index contributed by atoms with van der Waals surface area (Å²) in [5.41, 5.74) is 6.38. The topological polar surface area (TPSA) is 147 Å². The number of β-lactam (4-membered cyclic amide) rings is 1. The number of carbonyl (C=O) groups is 3. The van der Waals surface area contributed by atoms with E-state index in [1.165, 1.54) is 22.7 Å². The predicted molar refractivity (Wildman–Crippen MR) is 118 cm³/mol. The normalized spacial score (nSPS) is 21.3. The largest absolute Gasteiger partial charge is 0.477 e. The molecule has 1 aromatic heterocycles. The van der Waals surface area contributed by atoms with Gasteiger partial charge in [-0.1, -0.05) is 40.4 Å². The van der Waals surface area contributed by atoms with E-state index in [0.29, 0.717) is 15.8 Å². The number of oxime groups is 1. The second-order valence-corrected chi connectivity index (χ2v) is 8.60. The number of nitrogen functional groups attached to an aromatic ring is 1. The number of thioether (sulfide) groups is 1. The first-order chi connectivity index (χ1) is 13.9. The van der Waals surface area contributed by atoms with Crippen molar-refractivity contribution in [2.24, 2.45) is 5.16 Å². The van der Waals surface area contributed by atoms with E-state index in [0.717, 1.165) is 11.3 Å². The molecule has 3 rings (SSSR count). The van der Waals surface area contributed by atoms with Gasteiger partial charge in [0.1, 0.15) is 29.4 Å². The maximum Gasteiger partial charge on any atom is 0.352 e. The van der Waals surface area contributed by atoms with Gasteiger partial charge in [-0.15, -0.1) is 23.1 Å². The summed E-state index contributed by atoms with van der Waals surface area (Å²) >= 11 is 4.60. The molecule has 2 atom stereocenters. The second-order valence-electron chi connectivity index (χ2n) is 5.85. The number of hydrogen-bond donors (Lipinski definition) is 3. The molecular weight excluding hydrogens is 533 g/mol. The van der Waals surface area contributed by atoms with Crippen LogP contribution in [0, 0.1) is 0 Å². The van der Waals surface area contributed by atoms with E-state index >= 15 is 0 Å². The van der Waals surface area contributed by atoms with Crippen LogP contribution in [0.15, 0.2) is 34.5 Å². The Labute approximate surface area is 187 Å². The summed E-state index contributed by atoms with van der Waals surface area (Å²) in [5.74, 6) is -1.84. The number of aromatic nitrogens is 1. The second kappa shape index (κ2) is 9.13. The third-order valence-corrected chi connectivity index (χ3v) is 6.96. The predicted octanol–water partition coefficient (Wildman–Crippen LogP) is 0.806. The van der Waals surface area contributed by atoms with Gasteiger partial charge < -0.3 is 21.0 Å². The summed E-state index contributed by atoms with van der Waals surface area (Å²) < 4.78 is 0.503. The van der Waals surface area contributed by atoms with Crippen LogP contribution in [-0.4, -0.2) is 66.7 Å². The molecule has 154 valence electrons. The zero-order valence-corrected chi connectivity index (χ0v) is 18.6. The van der Waals surface area contributed by atoms with E-state index in [1.54, 1.807) is 5.38 Å². The molecule has 1 unspecified atom stereocenters. The number of halogens is 1. The number of nitrogens with zero attached hydrogens (tertiary/aromatic N) is 3. The number of carboxylic acid groups (broad SMARTS) is 1. The van der Waals surface area contributed by atoms with Crippen LogP contribution in [0.2, 0.25) is 0 Å². The molecule has 2 aliphatic rings. The zero-order chi connectivity index (χ0) is 21.1. The number of fused-ring (bicyclic) bond motifs is 1. The Morgan fingerprint density at radius 1 is 1.59 bits per heavy atom. The summed E-state index contributed by atoms with van der Waals surface area (Å²) in [5, 5.41) is 17.2. The average Bonchev–Trinajstić information content (AvgIpc) is 3.13. The molecular formula is C16H16IN5O5S2. The lowest BCUT2D eigenvalue weighted by atomic mass is 10.0. The number of aliphatic carboxylic acids is 1. The fourth-order valence-corrected chi connectivity index (χ4v) is 5.64. The molecule has 2 aliphatic heterocycles. The van der Waals surface area contributed by atoms with Crippen LogP contribution in [0.25, 0.3) is 0 Å². The number of rotatable bonds is 8. The van der Waals surface area contributed by atoms with Gasteiger partial charge in [0.05, 0.1) is 0 Å². The minimum absolute atomic E-state index is 0.00543. The van der Waals surface area contributed by atoms with Crippen molar-refractivity contribution < 1.29 is 24.3 Å². The van der Waals surface area contributed by atoms with Crippen LogP contribution in [0.4, 0.5) is 5.13 Å².